The molecule has 0 N–H and O–H groups in total. The number of hydrogen-bond acceptors (Lipinski definition) is 3. The van der Waals surface area contributed by atoms with E-state index in [9.17, 15) is 0 Å². The smallest absolute Gasteiger partial charge is 0.180 e. The molecule has 0 saturated heterocycles. The van der Waals surface area contributed by atoms with Crippen molar-refractivity contribution in [3.8, 4) is 0 Å². The fraction of sp³-hybridized carbons (Fsp3) is 1.00. The van der Waals surface area contributed by atoms with Gasteiger partial charge in [-0.1, -0.05) is 6.92 Å². The minimum Gasteiger partial charge on any atom is -0.370 e. The van der Waals surface area contributed by atoms with Gasteiger partial charge in [0.2, 0.25) is 0 Å². The second kappa shape index (κ2) is 5.51. The molecule has 3 heteroatoms. The molecule has 0 atom stereocenters. The van der Waals surface area contributed by atoms with Crippen molar-refractivity contribution in [2.75, 3.05) is 20.8 Å². The topological polar surface area (TPSA) is 27.7 Å². The van der Waals surface area contributed by atoms with Crippen LogP contribution in [0.4, 0.5) is 0 Å². The lowest BCUT2D eigenvalue weighted by Crippen LogP contribution is -2.30. The van der Waals surface area contributed by atoms with Gasteiger partial charge in [0.25, 0.3) is 0 Å². The summed E-state index contributed by atoms with van der Waals surface area (Å²) in [6, 6.07) is 0. The summed E-state index contributed by atoms with van der Waals surface area (Å²) in [6.07, 6.45) is 0.725. The zero-order valence-electron chi connectivity index (χ0n) is 8.72. The van der Waals surface area contributed by atoms with Gasteiger partial charge >= 0.3 is 0 Å². The molecule has 0 unspecified atom stereocenters. The van der Waals surface area contributed by atoms with E-state index in [2.05, 4.69) is 20.8 Å². The highest BCUT2D eigenvalue weighted by Crippen LogP contribution is 2.14. The van der Waals surface area contributed by atoms with Crippen LogP contribution in [-0.2, 0) is 14.2 Å². The molecule has 0 spiro atoms. The lowest BCUT2D eigenvalue weighted by atomic mass is 10.1. The average molecular weight is 176 g/mol. The fourth-order valence-corrected chi connectivity index (χ4v) is 0.628. The van der Waals surface area contributed by atoms with Crippen LogP contribution in [0.3, 0.4) is 0 Å². The highest BCUT2D eigenvalue weighted by Gasteiger charge is 2.17. The Morgan fingerprint density at radius 1 is 1.17 bits per heavy atom. The summed E-state index contributed by atoms with van der Waals surface area (Å²) in [7, 11) is 3.22. The molecule has 0 aliphatic carbocycles. The molecule has 0 radical (unpaired) electrons. The number of methoxy groups -OCH3 is 2. The van der Waals surface area contributed by atoms with Crippen LogP contribution in [0.25, 0.3) is 0 Å². The Labute approximate surface area is 75.0 Å². The van der Waals surface area contributed by atoms with Gasteiger partial charge in [0, 0.05) is 14.2 Å². The second-order valence-corrected chi connectivity index (χ2v) is 3.33. The Hall–Kier alpha value is -0.120. The lowest BCUT2D eigenvalue weighted by Gasteiger charge is -2.25. The molecule has 0 bridgehead atoms. The van der Waals surface area contributed by atoms with Gasteiger partial charge in [-0.05, 0) is 20.3 Å². The van der Waals surface area contributed by atoms with E-state index in [1.165, 1.54) is 0 Å². The Balaban J connectivity index is 3.65. The highest BCUT2D eigenvalue weighted by molar-refractivity contribution is 4.65. The molecule has 0 aromatic heterocycles. The minimum atomic E-state index is -0.254. The monoisotopic (exact) mass is 176 g/mol. The van der Waals surface area contributed by atoms with E-state index < -0.39 is 0 Å². The molecule has 12 heavy (non-hydrogen) atoms. The quantitative estimate of drug-likeness (QED) is 0.578. The van der Waals surface area contributed by atoms with Crippen LogP contribution in [0.15, 0.2) is 0 Å². The second-order valence-electron chi connectivity index (χ2n) is 3.33. The SMILES string of the molecule is CCC(C)(C)OCC(OC)OC. The maximum Gasteiger partial charge on any atom is 0.180 e. The molecule has 0 aliphatic heterocycles. The van der Waals surface area contributed by atoms with Crippen molar-refractivity contribution in [3.63, 3.8) is 0 Å². The standard InChI is InChI=1S/C9H20O3/c1-6-9(2,3)12-7-8(10-4)11-5/h8H,6-7H2,1-5H3. The number of ether oxygens (including phenoxy) is 3. The summed E-state index contributed by atoms with van der Waals surface area (Å²) in [4.78, 5) is 0. The van der Waals surface area contributed by atoms with Gasteiger partial charge < -0.3 is 14.2 Å². The first-order valence-electron chi connectivity index (χ1n) is 4.25. The third-order valence-corrected chi connectivity index (χ3v) is 1.99. The molecule has 0 heterocycles. The van der Waals surface area contributed by atoms with Crippen LogP contribution in [0.2, 0.25) is 0 Å². The van der Waals surface area contributed by atoms with Crippen molar-refractivity contribution >= 4 is 0 Å². The Bertz CT molecular complexity index is 108. The minimum absolute atomic E-state index is 0.0880. The van der Waals surface area contributed by atoms with Crippen molar-refractivity contribution in [1.29, 1.82) is 0 Å². The molecule has 0 aliphatic rings. The molecule has 0 saturated carbocycles. The van der Waals surface area contributed by atoms with Gasteiger partial charge in [-0.2, -0.15) is 0 Å². The van der Waals surface area contributed by atoms with Crippen LogP contribution in [0.5, 0.6) is 0 Å². The van der Waals surface area contributed by atoms with Crippen molar-refractivity contribution in [2.24, 2.45) is 0 Å². The maximum absolute atomic E-state index is 5.57. The van der Waals surface area contributed by atoms with E-state index in [0.29, 0.717) is 6.61 Å². The predicted octanol–water partition coefficient (Wildman–Crippen LogP) is 1.81. The molecule has 0 aromatic rings. The van der Waals surface area contributed by atoms with Crippen LogP contribution >= 0.6 is 0 Å². The van der Waals surface area contributed by atoms with Gasteiger partial charge in [0.05, 0.1) is 12.2 Å². The van der Waals surface area contributed by atoms with Gasteiger partial charge in [-0.3, -0.25) is 0 Å². The molecule has 3 nitrogen and oxygen atoms in total. The van der Waals surface area contributed by atoms with Gasteiger partial charge in [0.1, 0.15) is 0 Å². The van der Waals surface area contributed by atoms with E-state index in [1.54, 1.807) is 14.2 Å². The summed E-state index contributed by atoms with van der Waals surface area (Å²) in [5, 5.41) is 0. The third kappa shape index (κ3) is 4.70. The van der Waals surface area contributed by atoms with Gasteiger partial charge in [-0.15, -0.1) is 0 Å². The first-order chi connectivity index (χ1) is 5.55. The van der Waals surface area contributed by atoms with Crippen LogP contribution in [0.1, 0.15) is 27.2 Å². The van der Waals surface area contributed by atoms with Crippen LogP contribution < -0.4 is 0 Å². The molecule has 0 rings (SSSR count). The van der Waals surface area contributed by atoms with E-state index in [1.807, 2.05) is 0 Å². The van der Waals surface area contributed by atoms with E-state index in [4.69, 9.17) is 14.2 Å². The molecule has 74 valence electrons. The maximum atomic E-state index is 5.57. The molecular weight excluding hydrogens is 156 g/mol. The predicted molar refractivity (Wildman–Crippen MR) is 48.1 cm³/mol. The zero-order chi connectivity index (χ0) is 9.61. The molecule has 0 aromatic carbocycles. The molecular formula is C9H20O3. The Morgan fingerprint density at radius 2 is 1.67 bits per heavy atom. The average Bonchev–Trinajstić information content (AvgIpc) is 2.06. The van der Waals surface area contributed by atoms with Crippen molar-refractivity contribution in [1.82, 2.24) is 0 Å². The third-order valence-electron chi connectivity index (χ3n) is 1.99. The summed E-state index contributed by atoms with van der Waals surface area (Å²) in [5.74, 6) is 0. The van der Waals surface area contributed by atoms with Gasteiger partial charge in [0.15, 0.2) is 6.29 Å². The number of rotatable bonds is 6. The van der Waals surface area contributed by atoms with Crippen LogP contribution in [0, 0.1) is 0 Å². The lowest BCUT2D eigenvalue weighted by molar-refractivity contribution is -0.167. The van der Waals surface area contributed by atoms with Crippen molar-refractivity contribution < 1.29 is 14.2 Å². The summed E-state index contributed by atoms with van der Waals surface area (Å²) >= 11 is 0. The summed E-state index contributed by atoms with van der Waals surface area (Å²) < 4.78 is 15.6. The molecule has 0 fully saturated rings. The summed E-state index contributed by atoms with van der Waals surface area (Å²) in [6.45, 7) is 6.67. The van der Waals surface area contributed by atoms with E-state index in [0.717, 1.165) is 6.42 Å². The van der Waals surface area contributed by atoms with Crippen molar-refractivity contribution in [3.05, 3.63) is 0 Å². The van der Waals surface area contributed by atoms with Crippen LogP contribution in [-0.4, -0.2) is 32.7 Å². The largest absolute Gasteiger partial charge is 0.370 e. The van der Waals surface area contributed by atoms with E-state index >= 15 is 0 Å². The summed E-state index contributed by atoms with van der Waals surface area (Å²) in [5.41, 5.74) is -0.0880. The van der Waals surface area contributed by atoms with Crippen molar-refractivity contribution in [2.45, 2.75) is 39.1 Å². The molecule has 0 amide bonds. The van der Waals surface area contributed by atoms with Gasteiger partial charge in [-0.25, -0.2) is 0 Å². The normalized spacial score (nSPS) is 12.5. The first-order valence-corrected chi connectivity index (χ1v) is 4.25. The highest BCUT2D eigenvalue weighted by atomic mass is 16.7. The first kappa shape index (κ1) is 11.9. The zero-order valence-corrected chi connectivity index (χ0v) is 8.72. The fourth-order valence-electron chi connectivity index (χ4n) is 0.628. The van der Waals surface area contributed by atoms with E-state index in [-0.39, 0.29) is 11.9 Å². The Morgan fingerprint density at radius 3 is 2.00 bits per heavy atom. The Kier molecular flexibility index (Phi) is 5.46. The number of hydrogen-bond donors (Lipinski definition) is 0.